The largest absolute Gasteiger partial charge is 0.480 e. The van der Waals surface area contributed by atoms with Gasteiger partial charge in [0.15, 0.2) is 0 Å². The summed E-state index contributed by atoms with van der Waals surface area (Å²) >= 11 is 0. The van der Waals surface area contributed by atoms with Crippen molar-refractivity contribution in [1.29, 1.82) is 5.26 Å². The number of carboxylic acid groups (broad SMARTS) is 1. The molecule has 0 aliphatic heterocycles. The van der Waals surface area contributed by atoms with Crippen molar-refractivity contribution in [3.05, 3.63) is 0 Å². The summed E-state index contributed by atoms with van der Waals surface area (Å²) in [5.41, 5.74) is 0. The van der Waals surface area contributed by atoms with E-state index in [-0.39, 0.29) is 0 Å². The van der Waals surface area contributed by atoms with Gasteiger partial charge < -0.3 is 5.11 Å². The van der Waals surface area contributed by atoms with Crippen LogP contribution in [-0.2, 0) is 4.79 Å². The fraction of sp³-hybridized carbons (Fsp3) is 0.905. The van der Waals surface area contributed by atoms with Crippen LogP contribution in [0.1, 0.15) is 116 Å². The summed E-state index contributed by atoms with van der Waals surface area (Å²) in [6, 6.07) is 1.85. The van der Waals surface area contributed by atoms with Gasteiger partial charge in [0.25, 0.3) is 0 Å². The maximum atomic E-state index is 10.7. The normalized spacial score (nSPS) is 12.0. The van der Waals surface area contributed by atoms with Gasteiger partial charge in [-0.05, 0) is 6.42 Å². The van der Waals surface area contributed by atoms with E-state index in [1.165, 1.54) is 89.9 Å². The molecule has 0 heterocycles. The Morgan fingerprint density at radius 2 is 1.08 bits per heavy atom. The highest BCUT2D eigenvalue weighted by Gasteiger charge is 2.14. The van der Waals surface area contributed by atoms with Crippen LogP contribution in [0.2, 0.25) is 0 Å². The average Bonchev–Trinajstić information content (AvgIpc) is 2.57. The molecule has 3 heteroatoms. The van der Waals surface area contributed by atoms with E-state index in [4.69, 9.17) is 10.4 Å². The first-order chi connectivity index (χ1) is 11.7. The smallest absolute Gasteiger partial charge is 0.320 e. The van der Waals surface area contributed by atoms with Crippen molar-refractivity contribution < 1.29 is 9.90 Å². The predicted molar refractivity (Wildman–Crippen MR) is 101 cm³/mol. The minimum atomic E-state index is -0.974. The maximum absolute atomic E-state index is 10.7. The van der Waals surface area contributed by atoms with Crippen molar-refractivity contribution in [1.82, 2.24) is 0 Å². The monoisotopic (exact) mass is 337 g/mol. The van der Waals surface area contributed by atoms with Gasteiger partial charge >= 0.3 is 5.97 Å². The number of hydrogen-bond donors (Lipinski definition) is 1. The summed E-state index contributed by atoms with van der Waals surface area (Å²) in [5.74, 6) is -1.78. The molecule has 1 atom stereocenters. The zero-order valence-electron chi connectivity index (χ0n) is 15.9. The molecular formula is C21H39NO2. The highest BCUT2D eigenvalue weighted by atomic mass is 16.4. The maximum Gasteiger partial charge on any atom is 0.320 e. The molecule has 0 radical (unpaired) electrons. The van der Waals surface area contributed by atoms with Gasteiger partial charge in [-0.25, -0.2) is 0 Å². The molecule has 24 heavy (non-hydrogen) atoms. The highest BCUT2D eigenvalue weighted by Crippen LogP contribution is 2.15. The molecule has 0 spiro atoms. The third-order valence-corrected chi connectivity index (χ3v) is 4.80. The number of nitrogens with zero attached hydrogens (tertiary/aromatic N) is 1. The molecule has 1 N–H and O–H groups in total. The molecule has 140 valence electrons. The molecule has 0 aromatic rings. The second-order valence-corrected chi connectivity index (χ2v) is 7.11. The second-order valence-electron chi connectivity index (χ2n) is 7.11. The quantitative estimate of drug-likeness (QED) is 0.278. The Balaban J connectivity index is 3.13. The topological polar surface area (TPSA) is 61.1 Å². The van der Waals surface area contributed by atoms with E-state index in [1.807, 2.05) is 6.07 Å². The Labute approximate surface area is 149 Å². The Morgan fingerprint density at radius 1 is 0.750 bits per heavy atom. The van der Waals surface area contributed by atoms with E-state index in [1.54, 1.807) is 0 Å². The summed E-state index contributed by atoms with van der Waals surface area (Å²) in [5, 5.41) is 17.5. The van der Waals surface area contributed by atoms with E-state index < -0.39 is 11.9 Å². The third-order valence-electron chi connectivity index (χ3n) is 4.80. The number of hydrogen-bond acceptors (Lipinski definition) is 2. The molecule has 0 fully saturated rings. The first-order valence-corrected chi connectivity index (χ1v) is 10.3. The third kappa shape index (κ3) is 15.8. The van der Waals surface area contributed by atoms with Crippen LogP contribution >= 0.6 is 0 Å². The Bertz CT molecular complexity index is 322. The van der Waals surface area contributed by atoms with E-state index in [9.17, 15) is 4.79 Å². The molecule has 3 nitrogen and oxygen atoms in total. The molecule has 0 aromatic heterocycles. The lowest BCUT2D eigenvalue weighted by molar-refractivity contribution is -0.140. The van der Waals surface area contributed by atoms with Crippen LogP contribution < -0.4 is 0 Å². The van der Waals surface area contributed by atoms with Crippen molar-refractivity contribution in [2.45, 2.75) is 116 Å². The van der Waals surface area contributed by atoms with Crippen LogP contribution in [0.15, 0.2) is 0 Å². The van der Waals surface area contributed by atoms with E-state index >= 15 is 0 Å². The van der Waals surface area contributed by atoms with Crippen molar-refractivity contribution in [2.75, 3.05) is 0 Å². The van der Waals surface area contributed by atoms with Crippen molar-refractivity contribution in [3.8, 4) is 6.07 Å². The van der Waals surface area contributed by atoms with Crippen LogP contribution in [0.5, 0.6) is 0 Å². The molecule has 0 amide bonds. The summed E-state index contributed by atoms with van der Waals surface area (Å²) in [6.07, 6.45) is 21.5. The number of nitriles is 1. The van der Waals surface area contributed by atoms with Gasteiger partial charge in [-0.15, -0.1) is 0 Å². The molecule has 0 aliphatic rings. The molecular weight excluding hydrogens is 298 g/mol. The van der Waals surface area contributed by atoms with Crippen LogP contribution in [0.3, 0.4) is 0 Å². The Morgan fingerprint density at radius 3 is 1.38 bits per heavy atom. The lowest BCUT2D eigenvalue weighted by atomic mass is 10.0. The summed E-state index contributed by atoms with van der Waals surface area (Å²) in [7, 11) is 0. The van der Waals surface area contributed by atoms with Gasteiger partial charge in [0.2, 0.25) is 0 Å². The van der Waals surface area contributed by atoms with Crippen molar-refractivity contribution in [3.63, 3.8) is 0 Å². The summed E-state index contributed by atoms with van der Waals surface area (Å²) < 4.78 is 0. The average molecular weight is 338 g/mol. The fourth-order valence-electron chi connectivity index (χ4n) is 3.14. The molecule has 1 unspecified atom stereocenters. The van der Waals surface area contributed by atoms with Gasteiger partial charge in [-0.3, -0.25) is 4.79 Å². The Kier molecular flexibility index (Phi) is 17.5. The number of aliphatic carboxylic acids is 1. The molecule has 0 rings (SSSR count). The minimum absolute atomic E-state index is 0.504. The van der Waals surface area contributed by atoms with Crippen LogP contribution in [0, 0.1) is 17.2 Å². The van der Waals surface area contributed by atoms with Gasteiger partial charge in [-0.2, -0.15) is 5.26 Å². The fourth-order valence-corrected chi connectivity index (χ4v) is 3.14. The molecule has 0 aliphatic carbocycles. The van der Waals surface area contributed by atoms with E-state index in [0.717, 1.165) is 12.8 Å². The van der Waals surface area contributed by atoms with E-state index in [2.05, 4.69) is 6.92 Å². The highest BCUT2D eigenvalue weighted by molar-refractivity contribution is 5.72. The molecule has 0 aromatic carbocycles. The minimum Gasteiger partial charge on any atom is -0.480 e. The number of rotatable bonds is 18. The number of carboxylic acids is 1. The molecule has 0 bridgehead atoms. The first-order valence-electron chi connectivity index (χ1n) is 10.3. The van der Waals surface area contributed by atoms with Crippen molar-refractivity contribution >= 4 is 5.97 Å². The zero-order chi connectivity index (χ0) is 17.9. The summed E-state index contributed by atoms with van der Waals surface area (Å²) in [4.78, 5) is 10.7. The number of unbranched alkanes of at least 4 members (excludes halogenated alkanes) is 15. The SMILES string of the molecule is CCCCCCCCCCCCCCCCCCC(C#N)C(=O)O. The zero-order valence-corrected chi connectivity index (χ0v) is 15.9. The van der Waals surface area contributed by atoms with Gasteiger partial charge in [0.05, 0.1) is 6.07 Å². The predicted octanol–water partition coefficient (Wildman–Crippen LogP) is 6.86. The lowest BCUT2D eigenvalue weighted by Gasteiger charge is -2.04. The van der Waals surface area contributed by atoms with Gasteiger partial charge in [0, 0.05) is 0 Å². The molecule has 0 saturated heterocycles. The standard InChI is InChI=1S/C21H39NO2/c1-2-3-4-5-6-7-8-9-10-11-12-13-14-15-16-17-18-20(19-22)21(23)24/h20H,2-18H2,1H3,(H,23,24). The first kappa shape index (κ1) is 23.0. The van der Waals surface area contributed by atoms with E-state index in [0.29, 0.717) is 6.42 Å². The second kappa shape index (κ2) is 18.3. The van der Waals surface area contributed by atoms with Crippen molar-refractivity contribution in [2.24, 2.45) is 5.92 Å². The van der Waals surface area contributed by atoms with Gasteiger partial charge in [-0.1, -0.05) is 110 Å². The van der Waals surface area contributed by atoms with Crippen LogP contribution in [0.25, 0.3) is 0 Å². The van der Waals surface area contributed by atoms with Crippen LogP contribution in [0.4, 0.5) is 0 Å². The van der Waals surface area contributed by atoms with Crippen LogP contribution in [-0.4, -0.2) is 11.1 Å². The lowest BCUT2D eigenvalue weighted by Crippen LogP contribution is -2.10. The Hall–Kier alpha value is -1.04. The number of carbonyl (C=O) groups is 1. The molecule has 0 saturated carbocycles. The van der Waals surface area contributed by atoms with Gasteiger partial charge in [0.1, 0.15) is 5.92 Å². The summed E-state index contributed by atoms with van der Waals surface area (Å²) in [6.45, 7) is 2.27.